The zero-order valence-electron chi connectivity index (χ0n) is 30.7. The molecule has 7 atom stereocenters. The molecule has 48 heavy (non-hydrogen) atoms. The molecule has 1 unspecified atom stereocenters. The molecule has 1 aliphatic rings. The van der Waals surface area contributed by atoms with E-state index in [1.165, 1.54) is 57.8 Å². The smallest absolute Gasteiger partial charge is 0.305 e. The summed E-state index contributed by atoms with van der Waals surface area (Å²) in [4.78, 5) is 24.1. The number of rotatable bonds is 30. The Hall–Kier alpha value is -1.74. The van der Waals surface area contributed by atoms with E-state index in [0.717, 1.165) is 44.4 Å². The maximum atomic E-state index is 12.1. The molecule has 1 rings (SSSR count). The van der Waals surface area contributed by atoms with Crippen molar-refractivity contribution in [3.8, 4) is 0 Å². The van der Waals surface area contributed by atoms with E-state index in [1.54, 1.807) is 6.08 Å². The quantitative estimate of drug-likeness (QED) is 0.0340. The van der Waals surface area contributed by atoms with Gasteiger partial charge in [0.25, 0.3) is 0 Å². The first-order valence-electron chi connectivity index (χ1n) is 19.5. The molecule has 0 spiro atoms. The van der Waals surface area contributed by atoms with Gasteiger partial charge in [0.2, 0.25) is 0 Å². The Kier molecular flexibility index (Phi) is 26.8. The van der Waals surface area contributed by atoms with E-state index in [-0.39, 0.29) is 37.4 Å². The van der Waals surface area contributed by atoms with Crippen LogP contribution in [0.5, 0.6) is 0 Å². The molecule has 0 aliphatic heterocycles. The maximum absolute atomic E-state index is 12.1. The number of allylic oxidation sites excluding steroid dienone is 2. The van der Waals surface area contributed by atoms with Gasteiger partial charge in [0.05, 0.1) is 18.3 Å². The summed E-state index contributed by atoms with van der Waals surface area (Å²) in [5, 5.41) is 41.1. The van der Waals surface area contributed by atoms with Gasteiger partial charge in [-0.25, -0.2) is 0 Å². The van der Waals surface area contributed by atoms with E-state index in [1.807, 2.05) is 18.2 Å². The number of unbranched alkanes of at least 4 members (excludes halogenated alkanes) is 12. The lowest BCUT2D eigenvalue weighted by Crippen LogP contribution is -2.25. The van der Waals surface area contributed by atoms with Crippen LogP contribution in [0.25, 0.3) is 0 Å². The highest BCUT2D eigenvalue weighted by Crippen LogP contribution is 2.36. The van der Waals surface area contributed by atoms with Gasteiger partial charge in [-0.2, -0.15) is 0 Å². The van der Waals surface area contributed by atoms with Crippen molar-refractivity contribution in [2.75, 3.05) is 13.2 Å². The van der Waals surface area contributed by atoms with Gasteiger partial charge in [-0.3, -0.25) is 9.59 Å². The number of carbonyl (C=O) groups excluding carboxylic acids is 2. The third-order valence-corrected chi connectivity index (χ3v) is 9.80. The van der Waals surface area contributed by atoms with Crippen LogP contribution in [0.15, 0.2) is 24.3 Å². The number of aliphatic hydroxyl groups excluding tert-OH is 4. The Balaban J connectivity index is 2.06. The summed E-state index contributed by atoms with van der Waals surface area (Å²) in [6.07, 6.45) is 26.1. The van der Waals surface area contributed by atoms with E-state index < -0.39 is 30.4 Å². The molecule has 1 fully saturated rings. The number of ether oxygens (including phenoxy) is 2. The monoisotopic (exact) mass is 681 g/mol. The van der Waals surface area contributed by atoms with Crippen molar-refractivity contribution in [1.29, 1.82) is 0 Å². The molecule has 280 valence electrons. The van der Waals surface area contributed by atoms with Crippen LogP contribution in [-0.2, 0) is 19.1 Å². The molecule has 4 N–H and O–H groups in total. The third-order valence-electron chi connectivity index (χ3n) is 9.80. The minimum Gasteiger partial charge on any atom is -0.463 e. The van der Waals surface area contributed by atoms with Crippen LogP contribution in [0.4, 0.5) is 0 Å². The van der Waals surface area contributed by atoms with Gasteiger partial charge in [0.15, 0.2) is 0 Å². The number of carbonyl (C=O) groups is 2. The highest BCUT2D eigenvalue weighted by molar-refractivity contribution is 5.69. The Morgan fingerprint density at radius 2 is 1.29 bits per heavy atom. The fraction of sp³-hybridized carbons (Fsp3) is 0.850. The zero-order chi connectivity index (χ0) is 35.4. The van der Waals surface area contributed by atoms with Crippen molar-refractivity contribution in [3.63, 3.8) is 0 Å². The SMILES string of the molecule is CCCCC[C@H](O)/C=C/[C@@H]1[C@@H](C/C=C/CCCC(=O)OC[C@H](O)COC(=O)CCCCCCCCCCCCC(C)CC)[C@@H](O)C[C@H]1O. The Bertz CT molecular complexity index is 858. The van der Waals surface area contributed by atoms with Crippen LogP contribution in [0.1, 0.15) is 162 Å². The predicted molar refractivity (Wildman–Crippen MR) is 193 cm³/mol. The van der Waals surface area contributed by atoms with E-state index in [4.69, 9.17) is 9.47 Å². The second-order valence-corrected chi connectivity index (χ2v) is 14.3. The van der Waals surface area contributed by atoms with Crippen LogP contribution < -0.4 is 0 Å². The summed E-state index contributed by atoms with van der Waals surface area (Å²) < 4.78 is 10.3. The van der Waals surface area contributed by atoms with Gasteiger partial charge in [-0.15, -0.1) is 0 Å². The minimum atomic E-state index is -1.04. The van der Waals surface area contributed by atoms with Crippen LogP contribution >= 0.6 is 0 Å². The van der Waals surface area contributed by atoms with Crippen LogP contribution in [-0.4, -0.2) is 70.0 Å². The van der Waals surface area contributed by atoms with Crippen molar-refractivity contribution in [2.24, 2.45) is 17.8 Å². The van der Waals surface area contributed by atoms with Crippen molar-refractivity contribution < 1.29 is 39.5 Å². The molecule has 0 aromatic rings. The van der Waals surface area contributed by atoms with Gasteiger partial charge in [-0.05, 0) is 43.9 Å². The van der Waals surface area contributed by atoms with E-state index >= 15 is 0 Å². The van der Waals surface area contributed by atoms with Crippen LogP contribution in [0, 0.1) is 17.8 Å². The molecule has 0 saturated heterocycles. The van der Waals surface area contributed by atoms with E-state index in [0.29, 0.717) is 38.5 Å². The normalized spacial score (nSPS) is 21.6. The molecule has 0 heterocycles. The first-order chi connectivity index (χ1) is 23.2. The first kappa shape index (κ1) is 44.3. The van der Waals surface area contributed by atoms with E-state index in [2.05, 4.69) is 20.8 Å². The molecule has 8 heteroatoms. The molecule has 1 aliphatic carbocycles. The maximum Gasteiger partial charge on any atom is 0.305 e. The number of hydrogen-bond donors (Lipinski definition) is 4. The largest absolute Gasteiger partial charge is 0.463 e. The summed E-state index contributed by atoms with van der Waals surface area (Å²) in [6.45, 7) is 6.35. The summed E-state index contributed by atoms with van der Waals surface area (Å²) in [6, 6.07) is 0. The first-order valence-corrected chi connectivity index (χ1v) is 19.5. The standard InChI is InChI=1S/C40H72O8/c1-4-6-17-23-33(41)27-28-36-35(37(43)29-38(36)44)24-19-15-16-21-26-40(46)48-31-34(42)30-47-39(45)25-20-14-12-10-8-7-9-11-13-18-22-32(3)5-2/h15,19,27-28,32-38,41-44H,4-14,16-18,20-26,29-31H2,1-3H3/b19-15+,28-27+/t32?,33-,34+,35+,36+,37-,38+/m0/s1. The minimum absolute atomic E-state index is 0.116. The Morgan fingerprint density at radius 1 is 0.729 bits per heavy atom. The number of esters is 2. The topological polar surface area (TPSA) is 134 Å². The zero-order valence-corrected chi connectivity index (χ0v) is 30.7. The Labute approximate surface area is 292 Å². The van der Waals surface area contributed by atoms with Crippen molar-refractivity contribution in [1.82, 2.24) is 0 Å². The summed E-state index contributed by atoms with van der Waals surface area (Å²) in [7, 11) is 0. The number of aliphatic hydroxyl groups is 4. The van der Waals surface area contributed by atoms with Gasteiger partial charge in [0.1, 0.15) is 19.3 Å². The van der Waals surface area contributed by atoms with Gasteiger partial charge in [-0.1, -0.05) is 135 Å². The molecular formula is C40H72O8. The molecule has 1 saturated carbocycles. The lowest BCUT2D eigenvalue weighted by atomic mass is 9.89. The Morgan fingerprint density at radius 3 is 1.90 bits per heavy atom. The second-order valence-electron chi connectivity index (χ2n) is 14.3. The fourth-order valence-electron chi connectivity index (χ4n) is 6.35. The second kappa shape index (κ2) is 29.0. The average Bonchev–Trinajstić information content (AvgIpc) is 3.34. The third kappa shape index (κ3) is 22.8. The molecule has 0 aromatic heterocycles. The van der Waals surface area contributed by atoms with Crippen molar-refractivity contribution in [2.45, 2.75) is 186 Å². The highest BCUT2D eigenvalue weighted by Gasteiger charge is 2.39. The van der Waals surface area contributed by atoms with Crippen LogP contribution in [0.2, 0.25) is 0 Å². The number of hydrogen-bond acceptors (Lipinski definition) is 8. The molecular weight excluding hydrogens is 608 g/mol. The molecule has 0 radical (unpaired) electrons. The average molecular weight is 681 g/mol. The summed E-state index contributed by atoms with van der Waals surface area (Å²) in [5.41, 5.74) is 0. The van der Waals surface area contributed by atoms with Crippen molar-refractivity contribution in [3.05, 3.63) is 24.3 Å². The molecule has 8 nitrogen and oxygen atoms in total. The highest BCUT2D eigenvalue weighted by atomic mass is 16.6. The molecule has 0 amide bonds. The summed E-state index contributed by atoms with van der Waals surface area (Å²) in [5.74, 6) is -0.190. The summed E-state index contributed by atoms with van der Waals surface area (Å²) >= 11 is 0. The van der Waals surface area contributed by atoms with Gasteiger partial charge < -0.3 is 29.9 Å². The molecule has 0 bridgehead atoms. The van der Waals surface area contributed by atoms with E-state index in [9.17, 15) is 30.0 Å². The van der Waals surface area contributed by atoms with Gasteiger partial charge >= 0.3 is 11.9 Å². The predicted octanol–water partition coefficient (Wildman–Crippen LogP) is 8.13. The lowest BCUT2D eigenvalue weighted by molar-refractivity contribution is -0.152. The molecule has 0 aromatic carbocycles. The fourth-order valence-corrected chi connectivity index (χ4v) is 6.35. The van der Waals surface area contributed by atoms with Crippen molar-refractivity contribution >= 4 is 11.9 Å². The van der Waals surface area contributed by atoms with Crippen LogP contribution in [0.3, 0.4) is 0 Å². The van der Waals surface area contributed by atoms with Gasteiger partial charge in [0, 0.05) is 25.2 Å². The lowest BCUT2D eigenvalue weighted by Gasteiger charge is -2.19.